The summed E-state index contributed by atoms with van der Waals surface area (Å²) in [7, 11) is 2.02. The van der Waals surface area contributed by atoms with Crippen LogP contribution in [0.2, 0.25) is 0 Å². The maximum Gasteiger partial charge on any atom is 0.236 e. The van der Waals surface area contributed by atoms with Gasteiger partial charge in [-0.15, -0.1) is 0 Å². The molecule has 1 amide bonds. The van der Waals surface area contributed by atoms with Gasteiger partial charge in [0.05, 0.1) is 19.8 Å². The van der Waals surface area contributed by atoms with Crippen molar-refractivity contribution in [1.82, 2.24) is 9.80 Å². The first-order valence-corrected chi connectivity index (χ1v) is 6.45. The highest BCUT2D eigenvalue weighted by atomic mass is 16.5. The van der Waals surface area contributed by atoms with E-state index in [9.17, 15) is 4.79 Å². The summed E-state index contributed by atoms with van der Waals surface area (Å²) in [6, 6.07) is 0.392. The van der Waals surface area contributed by atoms with Gasteiger partial charge in [0.25, 0.3) is 0 Å². The van der Waals surface area contributed by atoms with Gasteiger partial charge in [-0.05, 0) is 25.8 Å². The summed E-state index contributed by atoms with van der Waals surface area (Å²) in [5, 5.41) is 0. The largest absolute Gasteiger partial charge is 0.378 e. The van der Waals surface area contributed by atoms with Crippen LogP contribution in [0.4, 0.5) is 0 Å². The van der Waals surface area contributed by atoms with Crippen molar-refractivity contribution in [3.8, 4) is 0 Å². The van der Waals surface area contributed by atoms with Gasteiger partial charge in [-0.25, -0.2) is 0 Å². The van der Waals surface area contributed by atoms with Crippen LogP contribution in [0, 0.1) is 5.92 Å². The lowest BCUT2D eigenvalue weighted by molar-refractivity contribution is -0.136. The fourth-order valence-electron chi connectivity index (χ4n) is 2.59. The summed E-state index contributed by atoms with van der Waals surface area (Å²) in [6.45, 7) is 4.33. The molecule has 0 aromatic heterocycles. The topological polar surface area (TPSA) is 58.8 Å². The van der Waals surface area contributed by atoms with Gasteiger partial charge in [0.1, 0.15) is 0 Å². The minimum atomic E-state index is 0.222. The molecule has 0 bridgehead atoms. The summed E-state index contributed by atoms with van der Waals surface area (Å²) < 4.78 is 5.24. The number of hydrogen-bond donors (Lipinski definition) is 1. The molecule has 1 saturated heterocycles. The molecule has 0 atom stereocenters. The zero-order chi connectivity index (χ0) is 12.3. The molecule has 2 rings (SSSR count). The van der Waals surface area contributed by atoms with Gasteiger partial charge >= 0.3 is 0 Å². The van der Waals surface area contributed by atoms with Crippen molar-refractivity contribution in [2.45, 2.75) is 18.9 Å². The Morgan fingerprint density at radius 1 is 1.41 bits per heavy atom. The zero-order valence-electron chi connectivity index (χ0n) is 10.6. The standard InChI is InChI=1S/C12H23N3O2/c1-14(8-10-6-11(13)7-10)9-12(16)15-2-4-17-5-3-15/h10-11H,2-9,13H2,1H3. The van der Waals surface area contributed by atoms with Gasteiger partial charge in [0, 0.05) is 25.7 Å². The van der Waals surface area contributed by atoms with Gasteiger partial charge in [0.2, 0.25) is 5.91 Å². The van der Waals surface area contributed by atoms with E-state index in [-0.39, 0.29) is 5.91 Å². The van der Waals surface area contributed by atoms with Crippen molar-refractivity contribution in [2.24, 2.45) is 11.7 Å². The van der Waals surface area contributed by atoms with Crippen LogP contribution in [0.25, 0.3) is 0 Å². The van der Waals surface area contributed by atoms with Crippen LogP contribution in [-0.2, 0) is 9.53 Å². The molecule has 0 spiro atoms. The van der Waals surface area contributed by atoms with E-state index in [2.05, 4.69) is 4.90 Å². The molecule has 2 N–H and O–H groups in total. The molecule has 0 unspecified atom stereocenters. The van der Waals surface area contributed by atoms with Crippen LogP contribution < -0.4 is 5.73 Å². The van der Waals surface area contributed by atoms with Crippen LogP contribution in [0.3, 0.4) is 0 Å². The van der Waals surface area contributed by atoms with Crippen LogP contribution in [0.15, 0.2) is 0 Å². The van der Waals surface area contributed by atoms with E-state index in [4.69, 9.17) is 10.5 Å². The molecule has 0 aromatic rings. The number of carbonyl (C=O) groups is 1. The Bertz CT molecular complexity index is 260. The Morgan fingerprint density at radius 3 is 2.65 bits per heavy atom. The maximum absolute atomic E-state index is 12.0. The molecule has 1 aliphatic carbocycles. The molecular formula is C12H23N3O2. The lowest BCUT2D eigenvalue weighted by atomic mass is 9.80. The number of morpholine rings is 1. The summed E-state index contributed by atoms with van der Waals surface area (Å²) in [5.41, 5.74) is 5.76. The Morgan fingerprint density at radius 2 is 2.06 bits per heavy atom. The molecule has 5 heteroatoms. The van der Waals surface area contributed by atoms with Crippen LogP contribution >= 0.6 is 0 Å². The molecule has 2 aliphatic rings. The summed E-state index contributed by atoms with van der Waals surface area (Å²) in [6.07, 6.45) is 2.21. The fraction of sp³-hybridized carbons (Fsp3) is 0.917. The number of nitrogens with zero attached hydrogens (tertiary/aromatic N) is 2. The highest BCUT2D eigenvalue weighted by Crippen LogP contribution is 2.25. The number of nitrogens with two attached hydrogens (primary N) is 1. The van der Waals surface area contributed by atoms with E-state index >= 15 is 0 Å². The predicted octanol–water partition coefficient (Wildman–Crippen LogP) is -0.486. The van der Waals surface area contributed by atoms with Crippen molar-refractivity contribution < 1.29 is 9.53 Å². The molecule has 98 valence electrons. The Kier molecular flexibility index (Phi) is 4.36. The smallest absolute Gasteiger partial charge is 0.236 e. The third-order valence-corrected chi connectivity index (χ3v) is 3.61. The highest BCUT2D eigenvalue weighted by Gasteiger charge is 2.27. The first-order valence-electron chi connectivity index (χ1n) is 6.45. The lowest BCUT2D eigenvalue weighted by Gasteiger charge is -2.36. The Hall–Kier alpha value is -0.650. The number of carbonyl (C=O) groups excluding carboxylic acids is 1. The molecule has 1 saturated carbocycles. The summed E-state index contributed by atoms with van der Waals surface area (Å²) >= 11 is 0. The summed E-state index contributed by atoms with van der Waals surface area (Å²) in [4.78, 5) is 16.0. The lowest BCUT2D eigenvalue weighted by Crippen LogP contribution is -2.47. The quantitative estimate of drug-likeness (QED) is 0.722. The van der Waals surface area contributed by atoms with Gasteiger partial charge in [-0.2, -0.15) is 0 Å². The second-order valence-electron chi connectivity index (χ2n) is 5.29. The Labute approximate surface area is 103 Å². The van der Waals surface area contributed by atoms with E-state index in [1.54, 1.807) is 0 Å². The summed E-state index contributed by atoms with van der Waals surface area (Å²) in [5.74, 6) is 0.909. The number of amides is 1. The van der Waals surface area contributed by atoms with Crippen molar-refractivity contribution in [3.63, 3.8) is 0 Å². The average Bonchev–Trinajstić information content (AvgIpc) is 2.28. The fourth-order valence-corrected chi connectivity index (χ4v) is 2.59. The minimum Gasteiger partial charge on any atom is -0.378 e. The second kappa shape index (κ2) is 5.80. The molecular weight excluding hydrogens is 218 g/mol. The van der Waals surface area contributed by atoms with E-state index < -0.39 is 0 Å². The van der Waals surface area contributed by atoms with E-state index in [1.807, 2.05) is 11.9 Å². The first kappa shape index (κ1) is 12.8. The van der Waals surface area contributed by atoms with E-state index in [1.165, 1.54) is 0 Å². The van der Waals surface area contributed by atoms with E-state index in [0.717, 1.165) is 32.5 Å². The van der Waals surface area contributed by atoms with Gasteiger partial charge in [-0.3, -0.25) is 9.69 Å². The predicted molar refractivity (Wildman–Crippen MR) is 65.6 cm³/mol. The van der Waals surface area contributed by atoms with E-state index in [0.29, 0.717) is 31.7 Å². The molecule has 17 heavy (non-hydrogen) atoms. The average molecular weight is 241 g/mol. The molecule has 1 heterocycles. The normalized spacial score (nSPS) is 29.2. The Balaban J connectivity index is 1.66. The number of hydrogen-bond acceptors (Lipinski definition) is 4. The molecule has 1 aliphatic heterocycles. The van der Waals surface area contributed by atoms with Gasteiger partial charge in [0.15, 0.2) is 0 Å². The highest BCUT2D eigenvalue weighted by molar-refractivity contribution is 5.78. The molecule has 0 aromatic carbocycles. The van der Waals surface area contributed by atoms with Crippen LogP contribution in [0.1, 0.15) is 12.8 Å². The SMILES string of the molecule is CN(CC(=O)N1CCOCC1)CC1CC(N)C1. The van der Waals surface area contributed by atoms with Crippen molar-refractivity contribution in [3.05, 3.63) is 0 Å². The third-order valence-electron chi connectivity index (χ3n) is 3.61. The van der Waals surface area contributed by atoms with Crippen molar-refractivity contribution >= 4 is 5.91 Å². The monoisotopic (exact) mass is 241 g/mol. The molecule has 5 nitrogen and oxygen atoms in total. The number of ether oxygens (including phenoxy) is 1. The molecule has 0 radical (unpaired) electrons. The third kappa shape index (κ3) is 3.66. The first-order chi connectivity index (χ1) is 8.15. The minimum absolute atomic E-state index is 0.222. The number of rotatable bonds is 4. The van der Waals surface area contributed by atoms with Crippen LogP contribution in [0.5, 0.6) is 0 Å². The second-order valence-corrected chi connectivity index (χ2v) is 5.29. The van der Waals surface area contributed by atoms with Gasteiger partial charge in [-0.1, -0.05) is 0 Å². The number of likely N-dealkylation sites (N-methyl/N-ethyl adjacent to an activating group) is 1. The maximum atomic E-state index is 12.0. The van der Waals surface area contributed by atoms with Crippen molar-refractivity contribution in [1.29, 1.82) is 0 Å². The van der Waals surface area contributed by atoms with Crippen molar-refractivity contribution in [2.75, 3.05) is 46.4 Å². The molecule has 2 fully saturated rings. The van der Waals surface area contributed by atoms with Gasteiger partial charge < -0.3 is 15.4 Å². The van der Waals surface area contributed by atoms with Crippen LogP contribution in [-0.4, -0.2) is 68.2 Å². The zero-order valence-corrected chi connectivity index (χ0v) is 10.6.